The normalized spacial score (nSPS) is 26.0. The molecule has 2 saturated heterocycles. The van der Waals surface area contributed by atoms with Gasteiger partial charge in [-0.05, 0) is 50.2 Å². The fourth-order valence-electron chi connectivity index (χ4n) is 4.36. The predicted molar refractivity (Wildman–Crippen MR) is 95.1 cm³/mol. The first-order valence-electron chi connectivity index (χ1n) is 9.52. The zero-order chi connectivity index (χ0) is 18.1. The first-order valence-corrected chi connectivity index (χ1v) is 9.52. The lowest BCUT2D eigenvalue weighted by atomic mass is 9.73. The number of amides is 2. The van der Waals surface area contributed by atoms with Crippen LogP contribution in [0.25, 0.3) is 0 Å². The summed E-state index contributed by atoms with van der Waals surface area (Å²) in [4.78, 5) is 33.2. The SMILES string of the molecule is N#Cc1ccc(C(=O)N2CCCC3(CCC(=O)N(CC4CC4)C3)C2)cn1. The molecular formula is C20H24N4O2. The summed E-state index contributed by atoms with van der Waals surface area (Å²) in [6.45, 7) is 3.14. The van der Waals surface area contributed by atoms with Gasteiger partial charge in [-0.15, -0.1) is 0 Å². The van der Waals surface area contributed by atoms with Crippen molar-refractivity contribution in [2.45, 2.75) is 38.5 Å². The minimum absolute atomic E-state index is 0.0216. The zero-order valence-corrected chi connectivity index (χ0v) is 15.0. The number of hydrogen-bond donors (Lipinski definition) is 0. The highest BCUT2D eigenvalue weighted by Gasteiger charge is 2.43. The quantitative estimate of drug-likeness (QED) is 0.836. The average molecular weight is 352 g/mol. The number of likely N-dealkylation sites (tertiary alicyclic amines) is 2. The van der Waals surface area contributed by atoms with Gasteiger partial charge in [-0.2, -0.15) is 5.26 Å². The minimum atomic E-state index is -0.0216. The first kappa shape index (κ1) is 17.0. The summed E-state index contributed by atoms with van der Waals surface area (Å²) >= 11 is 0. The topological polar surface area (TPSA) is 77.3 Å². The second-order valence-electron chi connectivity index (χ2n) is 8.09. The molecule has 1 spiro atoms. The summed E-state index contributed by atoms with van der Waals surface area (Å²) in [6, 6.07) is 5.24. The van der Waals surface area contributed by atoms with Crippen LogP contribution in [0.15, 0.2) is 18.3 Å². The lowest BCUT2D eigenvalue weighted by Gasteiger charge is -2.48. The molecule has 2 amide bonds. The van der Waals surface area contributed by atoms with E-state index in [0.29, 0.717) is 30.1 Å². The van der Waals surface area contributed by atoms with E-state index in [2.05, 4.69) is 9.88 Å². The van der Waals surface area contributed by atoms with E-state index in [9.17, 15) is 9.59 Å². The molecule has 0 aromatic carbocycles. The van der Waals surface area contributed by atoms with E-state index in [4.69, 9.17) is 5.26 Å². The number of rotatable bonds is 3. The fraction of sp³-hybridized carbons (Fsp3) is 0.600. The second kappa shape index (κ2) is 6.71. The van der Waals surface area contributed by atoms with Crippen molar-refractivity contribution in [2.75, 3.05) is 26.2 Å². The summed E-state index contributed by atoms with van der Waals surface area (Å²) < 4.78 is 0. The van der Waals surface area contributed by atoms with Crippen molar-refractivity contribution in [1.29, 1.82) is 5.26 Å². The van der Waals surface area contributed by atoms with Crippen molar-refractivity contribution < 1.29 is 9.59 Å². The standard InChI is InChI=1S/C20H24N4O2/c21-10-17-5-4-16(11-22-17)19(26)23-9-1-7-20(13-23)8-6-18(25)24(14-20)12-15-2-3-15/h4-5,11,15H,1-3,6-9,12-14H2. The summed E-state index contributed by atoms with van der Waals surface area (Å²) in [7, 11) is 0. The van der Waals surface area contributed by atoms with Crippen molar-refractivity contribution in [3.05, 3.63) is 29.6 Å². The van der Waals surface area contributed by atoms with E-state index in [0.717, 1.165) is 38.9 Å². The lowest BCUT2D eigenvalue weighted by molar-refractivity contribution is -0.139. The molecule has 136 valence electrons. The molecule has 2 aliphatic heterocycles. The predicted octanol–water partition coefficient (Wildman–Crippen LogP) is 2.21. The number of nitriles is 1. The zero-order valence-electron chi connectivity index (χ0n) is 15.0. The van der Waals surface area contributed by atoms with Gasteiger partial charge in [-0.1, -0.05) is 0 Å². The van der Waals surface area contributed by atoms with Crippen molar-refractivity contribution in [3.8, 4) is 6.07 Å². The van der Waals surface area contributed by atoms with Crippen molar-refractivity contribution >= 4 is 11.8 Å². The first-order chi connectivity index (χ1) is 12.6. The van der Waals surface area contributed by atoms with Gasteiger partial charge in [0.05, 0.1) is 5.56 Å². The van der Waals surface area contributed by atoms with Crippen molar-refractivity contribution in [2.24, 2.45) is 11.3 Å². The highest BCUT2D eigenvalue weighted by atomic mass is 16.2. The molecule has 4 rings (SSSR count). The molecule has 26 heavy (non-hydrogen) atoms. The second-order valence-corrected chi connectivity index (χ2v) is 8.09. The molecule has 1 atom stereocenters. The molecule has 1 aromatic heterocycles. The molecule has 3 heterocycles. The Morgan fingerprint density at radius 2 is 2.15 bits per heavy atom. The lowest BCUT2D eigenvalue weighted by Crippen LogP contribution is -2.55. The summed E-state index contributed by atoms with van der Waals surface area (Å²) in [5, 5.41) is 8.85. The Hall–Kier alpha value is -2.42. The molecular weight excluding hydrogens is 328 g/mol. The minimum Gasteiger partial charge on any atom is -0.342 e. The number of carbonyl (C=O) groups is 2. The Morgan fingerprint density at radius 3 is 2.85 bits per heavy atom. The number of piperidine rings is 2. The highest BCUT2D eigenvalue weighted by molar-refractivity contribution is 5.94. The molecule has 0 N–H and O–H groups in total. The van der Waals surface area contributed by atoms with E-state index in [1.165, 1.54) is 19.0 Å². The van der Waals surface area contributed by atoms with Crippen LogP contribution in [-0.2, 0) is 4.79 Å². The maximum absolute atomic E-state index is 12.9. The van der Waals surface area contributed by atoms with Crippen LogP contribution in [0.4, 0.5) is 0 Å². The van der Waals surface area contributed by atoms with Crippen LogP contribution in [0, 0.1) is 22.7 Å². The Balaban J connectivity index is 1.46. The van der Waals surface area contributed by atoms with Gasteiger partial charge in [0, 0.05) is 44.2 Å². The van der Waals surface area contributed by atoms with Gasteiger partial charge in [-0.25, -0.2) is 4.98 Å². The molecule has 1 aromatic rings. The van der Waals surface area contributed by atoms with E-state index in [-0.39, 0.29) is 17.2 Å². The molecule has 1 aliphatic carbocycles. The number of carbonyl (C=O) groups excluding carboxylic acids is 2. The van der Waals surface area contributed by atoms with Crippen LogP contribution < -0.4 is 0 Å². The third kappa shape index (κ3) is 3.44. The Bertz CT molecular complexity index is 750. The van der Waals surface area contributed by atoms with Gasteiger partial charge in [-0.3, -0.25) is 9.59 Å². The largest absolute Gasteiger partial charge is 0.342 e. The van der Waals surface area contributed by atoms with Gasteiger partial charge in [0.25, 0.3) is 5.91 Å². The van der Waals surface area contributed by atoms with Gasteiger partial charge in [0.2, 0.25) is 5.91 Å². The molecule has 1 unspecified atom stereocenters. The van der Waals surface area contributed by atoms with E-state index in [1.54, 1.807) is 12.1 Å². The molecule has 0 radical (unpaired) electrons. The fourth-order valence-corrected chi connectivity index (χ4v) is 4.36. The monoisotopic (exact) mass is 352 g/mol. The van der Waals surface area contributed by atoms with E-state index >= 15 is 0 Å². The maximum atomic E-state index is 12.9. The number of pyridine rings is 1. The molecule has 1 saturated carbocycles. The third-order valence-electron chi connectivity index (χ3n) is 6.00. The average Bonchev–Trinajstić information content (AvgIpc) is 3.49. The van der Waals surface area contributed by atoms with Crippen LogP contribution in [0.5, 0.6) is 0 Å². The van der Waals surface area contributed by atoms with E-state index in [1.807, 2.05) is 11.0 Å². The molecule has 6 heteroatoms. The summed E-state index contributed by atoms with van der Waals surface area (Å²) in [5.74, 6) is 0.953. The molecule has 0 bridgehead atoms. The van der Waals surface area contributed by atoms with Crippen LogP contribution in [0.3, 0.4) is 0 Å². The van der Waals surface area contributed by atoms with Crippen molar-refractivity contribution in [1.82, 2.24) is 14.8 Å². The van der Waals surface area contributed by atoms with Crippen LogP contribution in [0.2, 0.25) is 0 Å². The van der Waals surface area contributed by atoms with Gasteiger partial charge < -0.3 is 9.80 Å². The summed E-state index contributed by atoms with van der Waals surface area (Å²) in [5.41, 5.74) is 0.887. The molecule has 3 aliphatic rings. The Labute approximate surface area is 153 Å². The smallest absolute Gasteiger partial charge is 0.255 e. The third-order valence-corrected chi connectivity index (χ3v) is 6.00. The van der Waals surface area contributed by atoms with Crippen LogP contribution in [-0.4, -0.2) is 52.8 Å². The van der Waals surface area contributed by atoms with Crippen molar-refractivity contribution in [3.63, 3.8) is 0 Å². The number of hydrogen-bond acceptors (Lipinski definition) is 4. The maximum Gasteiger partial charge on any atom is 0.255 e. The highest BCUT2D eigenvalue weighted by Crippen LogP contribution is 2.41. The summed E-state index contributed by atoms with van der Waals surface area (Å²) in [6.07, 6.45) is 7.51. The molecule has 6 nitrogen and oxygen atoms in total. The van der Waals surface area contributed by atoms with Gasteiger partial charge in [0.15, 0.2) is 0 Å². The molecule has 3 fully saturated rings. The van der Waals surface area contributed by atoms with E-state index < -0.39 is 0 Å². The Morgan fingerprint density at radius 1 is 1.31 bits per heavy atom. The van der Waals surface area contributed by atoms with Gasteiger partial charge in [0.1, 0.15) is 11.8 Å². The Kier molecular flexibility index (Phi) is 4.39. The van der Waals surface area contributed by atoms with Gasteiger partial charge >= 0.3 is 0 Å². The van der Waals surface area contributed by atoms with Crippen LogP contribution in [0.1, 0.15) is 54.6 Å². The number of aromatic nitrogens is 1. The van der Waals surface area contributed by atoms with Crippen LogP contribution >= 0.6 is 0 Å². The number of nitrogens with zero attached hydrogens (tertiary/aromatic N) is 4.